The van der Waals surface area contributed by atoms with Crippen molar-refractivity contribution in [1.82, 2.24) is 0 Å². The first-order valence-electron chi connectivity index (χ1n) is 14.0. The average molecular weight is 501 g/mol. The van der Waals surface area contributed by atoms with Crippen LogP contribution in [0.3, 0.4) is 0 Å². The number of carbonyl (C=O) groups excluding carboxylic acids is 1. The molecule has 0 aliphatic heterocycles. The Balaban J connectivity index is 1.23. The van der Waals surface area contributed by atoms with Crippen molar-refractivity contribution in [1.29, 1.82) is 0 Å². The van der Waals surface area contributed by atoms with E-state index in [-0.39, 0.29) is 24.2 Å². The molecule has 0 N–H and O–H groups in total. The molecule has 0 spiro atoms. The van der Waals surface area contributed by atoms with E-state index in [0.717, 1.165) is 67.9 Å². The molecule has 1 aromatic rings. The second-order valence-electron chi connectivity index (χ2n) is 11.3. The van der Waals surface area contributed by atoms with E-state index in [4.69, 9.17) is 9.47 Å². The van der Waals surface area contributed by atoms with E-state index in [2.05, 4.69) is 12.7 Å². The molecule has 0 radical (unpaired) electrons. The van der Waals surface area contributed by atoms with Crippen LogP contribution in [0.25, 0.3) is 0 Å². The Bertz CT molecular complexity index is 895. The van der Waals surface area contributed by atoms with Gasteiger partial charge in [0.2, 0.25) is 0 Å². The Labute approximate surface area is 215 Å². The Hall–Kier alpha value is -2.17. The molecule has 3 aliphatic rings. The summed E-state index contributed by atoms with van der Waals surface area (Å²) in [6.07, 6.45) is 19.8. The van der Waals surface area contributed by atoms with Crippen LogP contribution in [0.15, 0.2) is 36.9 Å². The van der Waals surface area contributed by atoms with E-state index >= 15 is 0 Å². The highest BCUT2D eigenvalue weighted by molar-refractivity contribution is 5.75. The third kappa shape index (κ3) is 6.77. The van der Waals surface area contributed by atoms with Crippen molar-refractivity contribution in [2.45, 2.75) is 84.0 Å². The molecular formula is C31H42F2O3. The summed E-state index contributed by atoms with van der Waals surface area (Å²) >= 11 is 0. The Morgan fingerprint density at radius 1 is 0.944 bits per heavy atom. The molecule has 3 nitrogen and oxygen atoms in total. The van der Waals surface area contributed by atoms with Gasteiger partial charge in [-0.3, -0.25) is 4.79 Å². The first-order valence-corrected chi connectivity index (χ1v) is 14.0. The van der Waals surface area contributed by atoms with Gasteiger partial charge >= 0.3 is 5.97 Å². The van der Waals surface area contributed by atoms with Crippen LogP contribution in [0.1, 0.15) is 84.0 Å². The highest BCUT2D eigenvalue weighted by Crippen LogP contribution is 2.49. The highest BCUT2D eigenvalue weighted by Gasteiger charge is 2.39. The van der Waals surface area contributed by atoms with E-state index in [1.807, 2.05) is 0 Å². The molecule has 4 atom stereocenters. The van der Waals surface area contributed by atoms with Crippen LogP contribution in [-0.2, 0) is 4.79 Å². The van der Waals surface area contributed by atoms with Crippen molar-refractivity contribution in [3.05, 3.63) is 48.6 Å². The molecule has 198 valence electrons. The van der Waals surface area contributed by atoms with Gasteiger partial charge in [0.05, 0.1) is 5.92 Å². The summed E-state index contributed by atoms with van der Waals surface area (Å²) in [6.45, 7) is 5.76. The molecule has 3 aliphatic carbocycles. The first-order chi connectivity index (χ1) is 17.5. The van der Waals surface area contributed by atoms with Crippen molar-refractivity contribution in [3.8, 4) is 11.5 Å². The fourth-order valence-corrected chi connectivity index (χ4v) is 7.05. The van der Waals surface area contributed by atoms with Crippen LogP contribution in [0.2, 0.25) is 0 Å². The lowest BCUT2D eigenvalue weighted by molar-refractivity contribution is -0.140. The monoisotopic (exact) mass is 500 g/mol. The minimum Gasteiger partial charge on any atom is -0.483 e. The maximum Gasteiger partial charge on any atom is 0.314 e. The number of allylic oxidation sites excluding steroid dienone is 2. The second kappa shape index (κ2) is 12.9. The van der Waals surface area contributed by atoms with Crippen LogP contribution in [0, 0.1) is 47.1 Å². The van der Waals surface area contributed by atoms with E-state index < -0.39 is 17.4 Å². The fourth-order valence-electron chi connectivity index (χ4n) is 7.05. The molecule has 4 rings (SSSR count). The van der Waals surface area contributed by atoms with Crippen LogP contribution in [-0.4, -0.2) is 12.6 Å². The number of halogens is 2. The molecule has 0 bridgehead atoms. The summed E-state index contributed by atoms with van der Waals surface area (Å²) in [5.74, 6) is 1.32. The summed E-state index contributed by atoms with van der Waals surface area (Å²) in [4.78, 5) is 12.7. The minimum atomic E-state index is -0.864. The third-order valence-electron chi connectivity index (χ3n) is 9.06. The zero-order valence-electron chi connectivity index (χ0n) is 21.7. The summed E-state index contributed by atoms with van der Waals surface area (Å²) < 4.78 is 39.1. The predicted octanol–water partition coefficient (Wildman–Crippen LogP) is 8.43. The first kappa shape index (κ1) is 26.9. The second-order valence-corrected chi connectivity index (χ2v) is 11.3. The quantitative estimate of drug-likeness (QED) is 0.194. The topological polar surface area (TPSA) is 35.5 Å². The van der Waals surface area contributed by atoms with Gasteiger partial charge in [0.25, 0.3) is 0 Å². The van der Waals surface area contributed by atoms with E-state index in [1.165, 1.54) is 44.9 Å². The molecule has 0 heterocycles. The van der Waals surface area contributed by atoms with Gasteiger partial charge in [-0.25, -0.2) is 8.78 Å². The SMILES string of the molecule is C=CCCC1CCC2CC(C3CCC(C(=O)Oc4cc(F)c(OC/C=C/C)c(F)c4)CC3)CCC2C1. The van der Waals surface area contributed by atoms with Crippen LogP contribution < -0.4 is 9.47 Å². The summed E-state index contributed by atoms with van der Waals surface area (Å²) in [6, 6.07) is 2.06. The Kier molecular flexibility index (Phi) is 9.61. The molecule has 0 saturated heterocycles. The lowest BCUT2D eigenvalue weighted by atomic mass is 9.60. The summed E-state index contributed by atoms with van der Waals surface area (Å²) in [5, 5.41) is 0. The Morgan fingerprint density at radius 3 is 2.22 bits per heavy atom. The molecule has 5 heteroatoms. The molecule has 3 saturated carbocycles. The zero-order valence-corrected chi connectivity index (χ0v) is 21.7. The van der Waals surface area contributed by atoms with Gasteiger partial charge in [0.1, 0.15) is 12.4 Å². The number of ether oxygens (including phenoxy) is 2. The largest absolute Gasteiger partial charge is 0.483 e. The van der Waals surface area contributed by atoms with E-state index in [9.17, 15) is 13.6 Å². The molecule has 0 aromatic heterocycles. The number of hydrogen-bond donors (Lipinski definition) is 0. The molecule has 3 fully saturated rings. The number of rotatable bonds is 9. The third-order valence-corrected chi connectivity index (χ3v) is 9.06. The number of esters is 1. The minimum absolute atomic E-state index is 0.0748. The maximum absolute atomic E-state index is 14.3. The van der Waals surface area contributed by atoms with Gasteiger partial charge in [-0.1, -0.05) is 24.6 Å². The molecular weight excluding hydrogens is 458 g/mol. The molecule has 4 unspecified atom stereocenters. The van der Waals surface area contributed by atoms with Crippen molar-refractivity contribution < 1.29 is 23.0 Å². The molecule has 36 heavy (non-hydrogen) atoms. The number of hydrogen-bond acceptors (Lipinski definition) is 3. The number of carbonyl (C=O) groups is 1. The van der Waals surface area contributed by atoms with Gasteiger partial charge in [-0.15, -0.1) is 6.58 Å². The van der Waals surface area contributed by atoms with Gasteiger partial charge in [0, 0.05) is 12.1 Å². The molecule has 1 aromatic carbocycles. The molecule has 0 amide bonds. The Morgan fingerprint density at radius 2 is 1.56 bits per heavy atom. The smallest absolute Gasteiger partial charge is 0.314 e. The number of fused-ring (bicyclic) bond motifs is 1. The predicted molar refractivity (Wildman–Crippen MR) is 139 cm³/mol. The van der Waals surface area contributed by atoms with Gasteiger partial charge < -0.3 is 9.47 Å². The normalized spacial score (nSPS) is 30.5. The lowest BCUT2D eigenvalue weighted by Gasteiger charge is -2.45. The van der Waals surface area contributed by atoms with Crippen LogP contribution in [0.5, 0.6) is 11.5 Å². The van der Waals surface area contributed by atoms with Gasteiger partial charge in [-0.05, 0) is 107 Å². The maximum atomic E-state index is 14.3. The zero-order chi connectivity index (χ0) is 25.5. The lowest BCUT2D eigenvalue weighted by Crippen LogP contribution is -2.35. The van der Waals surface area contributed by atoms with Gasteiger partial charge in [0.15, 0.2) is 17.4 Å². The highest BCUT2D eigenvalue weighted by atomic mass is 19.1. The summed E-state index contributed by atoms with van der Waals surface area (Å²) in [7, 11) is 0. The number of benzene rings is 1. The van der Waals surface area contributed by atoms with Crippen molar-refractivity contribution in [2.75, 3.05) is 6.61 Å². The van der Waals surface area contributed by atoms with Crippen LogP contribution >= 0.6 is 0 Å². The van der Waals surface area contributed by atoms with E-state index in [1.54, 1.807) is 19.1 Å². The van der Waals surface area contributed by atoms with Crippen LogP contribution in [0.4, 0.5) is 8.78 Å². The fraction of sp³-hybridized carbons (Fsp3) is 0.645. The van der Waals surface area contributed by atoms with E-state index in [0.29, 0.717) is 5.92 Å². The standard InChI is InChI=1S/C31H42F2O3/c1-3-5-7-21-8-9-26-18-25(15-14-24(26)17-21)22-10-12-23(13-11-22)31(34)36-27-19-28(32)30(29(33)20-27)35-16-6-4-2/h3-4,6,19-26H,1,5,7-18H2,2H3/b6-4+. The van der Waals surface area contributed by atoms with Crippen molar-refractivity contribution >= 4 is 5.97 Å². The van der Waals surface area contributed by atoms with Crippen molar-refractivity contribution in [3.63, 3.8) is 0 Å². The summed E-state index contributed by atoms with van der Waals surface area (Å²) in [5.41, 5.74) is 0. The average Bonchev–Trinajstić information content (AvgIpc) is 2.88. The van der Waals surface area contributed by atoms with Gasteiger partial charge in [-0.2, -0.15) is 0 Å². The van der Waals surface area contributed by atoms with Crippen molar-refractivity contribution in [2.24, 2.45) is 35.5 Å².